The molecule has 0 saturated carbocycles. The van der Waals surface area contributed by atoms with Gasteiger partial charge in [-0.25, -0.2) is 4.98 Å². The summed E-state index contributed by atoms with van der Waals surface area (Å²) < 4.78 is 5.39. The average Bonchev–Trinajstić information content (AvgIpc) is 2.25. The Kier molecular flexibility index (Phi) is 4.03. The van der Waals surface area contributed by atoms with Gasteiger partial charge in [-0.3, -0.25) is 4.90 Å². The Morgan fingerprint density at radius 2 is 2.38 bits per heavy atom. The lowest BCUT2D eigenvalue weighted by Gasteiger charge is -2.33. The van der Waals surface area contributed by atoms with Crippen LogP contribution in [0.15, 0.2) is 12.3 Å². The lowest BCUT2D eigenvalue weighted by Crippen LogP contribution is -2.42. The molecule has 1 aromatic heterocycles. The summed E-state index contributed by atoms with van der Waals surface area (Å²) in [5.41, 5.74) is 1.01. The molecule has 2 rings (SSSR count). The van der Waals surface area contributed by atoms with Gasteiger partial charge >= 0.3 is 0 Å². The second kappa shape index (κ2) is 5.32. The number of ether oxygens (including phenoxy) is 1. The van der Waals surface area contributed by atoms with E-state index in [1.54, 1.807) is 12.3 Å². The molecule has 3 nitrogen and oxygen atoms in total. The predicted molar refractivity (Wildman–Crippen MR) is 64.9 cm³/mol. The van der Waals surface area contributed by atoms with Gasteiger partial charge in [0, 0.05) is 35.9 Å². The van der Waals surface area contributed by atoms with Crippen LogP contribution >= 0.6 is 23.2 Å². The van der Waals surface area contributed by atoms with Gasteiger partial charge in [0.25, 0.3) is 0 Å². The van der Waals surface area contributed by atoms with Crippen LogP contribution in [0, 0.1) is 0 Å². The predicted octanol–water partition coefficient (Wildman–Crippen LogP) is 2.61. The van der Waals surface area contributed by atoms with Crippen molar-refractivity contribution in [3.05, 3.63) is 28.0 Å². The van der Waals surface area contributed by atoms with Crippen LogP contribution in [0.2, 0.25) is 10.2 Å². The highest BCUT2D eigenvalue weighted by molar-refractivity contribution is 6.34. The Balaban J connectivity index is 2.07. The van der Waals surface area contributed by atoms with Crippen molar-refractivity contribution in [1.29, 1.82) is 0 Å². The molecule has 1 fully saturated rings. The van der Waals surface area contributed by atoms with E-state index in [0.29, 0.717) is 16.2 Å². The van der Waals surface area contributed by atoms with Crippen molar-refractivity contribution >= 4 is 23.2 Å². The molecule has 0 radical (unpaired) electrons. The maximum atomic E-state index is 6.11. The zero-order valence-corrected chi connectivity index (χ0v) is 10.6. The summed E-state index contributed by atoms with van der Waals surface area (Å²) in [4.78, 5) is 6.39. The van der Waals surface area contributed by atoms with Crippen LogP contribution in [0.4, 0.5) is 0 Å². The maximum absolute atomic E-state index is 6.11. The molecule has 0 aromatic carbocycles. The Hall–Kier alpha value is -0.350. The van der Waals surface area contributed by atoms with Gasteiger partial charge in [-0.1, -0.05) is 23.2 Å². The molecule has 1 aromatic rings. The molecule has 88 valence electrons. The highest BCUT2D eigenvalue weighted by atomic mass is 35.5. The topological polar surface area (TPSA) is 25.4 Å². The SMILES string of the molecule is CC1COCCN1Cc1cnc(Cl)cc1Cl. The smallest absolute Gasteiger partial charge is 0.130 e. The van der Waals surface area contributed by atoms with Crippen molar-refractivity contribution in [3.8, 4) is 0 Å². The van der Waals surface area contributed by atoms with Gasteiger partial charge in [0.1, 0.15) is 5.15 Å². The van der Waals surface area contributed by atoms with Crippen molar-refractivity contribution in [3.63, 3.8) is 0 Å². The molecule has 1 saturated heterocycles. The molecular formula is C11H14Cl2N2O. The molecule has 1 unspecified atom stereocenters. The van der Waals surface area contributed by atoms with Crippen molar-refractivity contribution < 1.29 is 4.74 Å². The van der Waals surface area contributed by atoms with Gasteiger partial charge in [0.2, 0.25) is 0 Å². The van der Waals surface area contributed by atoms with Crippen LogP contribution in [-0.2, 0) is 11.3 Å². The zero-order chi connectivity index (χ0) is 11.5. The standard InChI is InChI=1S/C11H14Cl2N2O/c1-8-7-16-3-2-15(8)6-9-5-14-11(13)4-10(9)12/h4-5,8H,2-3,6-7H2,1H3. The summed E-state index contributed by atoms with van der Waals surface area (Å²) in [6.45, 7) is 5.44. The van der Waals surface area contributed by atoms with Crippen LogP contribution in [0.1, 0.15) is 12.5 Å². The molecule has 1 aliphatic heterocycles. The fourth-order valence-corrected chi connectivity index (χ4v) is 2.19. The van der Waals surface area contributed by atoms with E-state index < -0.39 is 0 Å². The molecule has 0 amide bonds. The zero-order valence-electron chi connectivity index (χ0n) is 9.12. The van der Waals surface area contributed by atoms with Crippen LogP contribution in [0.3, 0.4) is 0 Å². The van der Waals surface area contributed by atoms with Crippen molar-refractivity contribution in [1.82, 2.24) is 9.88 Å². The molecule has 1 aliphatic rings. The molecule has 0 spiro atoms. The van der Waals surface area contributed by atoms with Gasteiger partial charge in [0.15, 0.2) is 0 Å². The molecule has 1 atom stereocenters. The first kappa shape index (κ1) is 12.1. The van der Waals surface area contributed by atoms with Gasteiger partial charge in [0.05, 0.1) is 13.2 Å². The minimum atomic E-state index is 0.417. The molecular weight excluding hydrogens is 247 g/mol. The van der Waals surface area contributed by atoms with E-state index in [1.807, 2.05) is 0 Å². The number of pyridine rings is 1. The van der Waals surface area contributed by atoms with Gasteiger partial charge in [-0.2, -0.15) is 0 Å². The first-order chi connectivity index (χ1) is 7.66. The first-order valence-corrected chi connectivity index (χ1v) is 6.04. The molecule has 0 aliphatic carbocycles. The quantitative estimate of drug-likeness (QED) is 0.765. The first-order valence-electron chi connectivity index (χ1n) is 5.28. The minimum absolute atomic E-state index is 0.417. The molecule has 2 heterocycles. The highest BCUT2D eigenvalue weighted by Gasteiger charge is 2.19. The summed E-state index contributed by atoms with van der Waals surface area (Å²) in [7, 11) is 0. The number of hydrogen-bond donors (Lipinski definition) is 0. The highest BCUT2D eigenvalue weighted by Crippen LogP contribution is 2.21. The Morgan fingerprint density at radius 3 is 3.06 bits per heavy atom. The second-order valence-electron chi connectivity index (χ2n) is 3.99. The summed E-state index contributed by atoms with van der Waals surface area (Å²) in [5.74, 6) is 0. The number of morpholine rings is 1. The van der Waals surface area contributed by atoms with E-state index in [9.17, 15) is 0 Å². The molecule has 5 heteroatoms. The van der Waals surface area contributed by atoms with Crippen molar-refractivity contribution in [2.24, 2.45) is 0 Å². The summed E-state index contributed by atoms with van der Waals surface area (Å²) in [6, 6.07) is 2.10. The molecule has 0 N–H and O–H groups in total. The fraction of sp³-hybridized carbons (Fsp3) is 0.545. The molecule has 16 heavy (non-hydrogen) atoms. The maximum Gasteiger partial charge on any atom is 0.130 e. The number of nitrogens with zero attached hydrogens (tertiary/aromatic N) is 2. The molecule has 0 bridgehead atoms. The van der Waals surface area contributed by atoms with Crippen LogP contribution in [-0.4, -0.2) is 35.7 Å². The van der Waals surface area contributed by atoms with Crippen molar-refractivity contribution in [2.75, 3.05) is 19.8 Å². The van der Waals surface area contributed by atoms with Gasteiger partial charge < -0.3 is 4.74 Å². The summed E-state index contributed by atoms with van der Waals surface area (Å²) in [6.07, 6.45) is 1.74. The van der Waals surface area contributed by atoms with Crippen LogP contribution in [0.5, 0.6) is 0 Å². The number of rotatable bonds is 2. The third-order valence-electron chi connectivity index (χ3n) is 2.77. The van der Waals surface area contributed by atoms with Crippen molar-refractivity contribution in [2.45, 2.75) is 19.5 Å². The minimum Gasteiger partial charge on any atom is -0.379 e. The van der Waals surface area contributed by atoms with Gasteiger partial charge in [-0.15, -0.1) is 0 Å². The number of hydrogen-bond acceptors (Lipinski definition) is 3. The Morgan fingerprint density at radius 1 is 1.56 bits per heavy atom. The average molecular weight is 261 g/mol. The van der Waals surface area contributed by atoms with Crippen LogP contribution < -0.4 is 0 Å². The van der Waals surface area contributed by atoms with E-state index in [2.05, 4.69) is 16.8 Å². The fourth-order valence-electron chi connectivity index (χ4n) is 1.77. The number of halogens is 2. The lowest BCUT2D eigenvalue weighted by atomic mass is 10.2. The van der Waals surface area contributed by atoms with E-state index in [0.717, 1.165) is 31.9 Å². The van der Waals surface area contributed by atoms with E-state index in [4.69, 9.17) is 27.9 Å². The van der Waals surface area contributed by atoms with Gasteiger partial charge in [-0.05, 0) is 13.0 Å². The number of aromatic nitrogens is 1. The summed E-state index contributed by atoms with van der Waals surface area (Å²) in [5, 5.41) is 1.11. The third kappa shape index (κ3) is 2.86. The van der Waals surface area contributed by atoms with E-state index in [1.165, 1.54) is 0 Å². The lowest BCUT2D eigenvalue weighted by molar-refractivity contribution is -0.00439. The largest absolute Gasteiger partial charge is 0.379 e. The normalized spacial score (nSPS) is 22.3. The second-order valence-corrected chi connectivity index (χ2v) is 4.79. The Bertz CT molecular complexity index is 373. The summed E-state index contributed by atoms with van der Waals surface area (Å²) >= 11 is 11.9. The Labute approximate surface area is 105 Å². The van der Waals surface area contributed by atoms with E-state index in [-0.39, 0.29) is 0 Å². The monoisotopic (exact) mass is 260 g/mol. The third-order valence-corrected chi connectivity index (χ3v) is 3.33. The van der Waals surface area contributed by atoms with E-state index >= 15 is 0 Å². The van der Waals surface area contributed by atoms with Crippen LogP contribution in [0.25, 0.3) is 0 Å².